The molecule has 3 nitrogen and oxygen atoms in total. The van der Waals surface area contributed by atoms with Gasteiger partial charge in [0.2, 0.25) is 0 Å². The van der Waals surface area contributed by atoms with Gasteiger partial charge in [-0.05, 0) is 49.9 Å². The fourth-order valence-corrected chi connectivity index (χ4v) is 3.99. The first-order chi connectivity index (χ1) is 10.2. The summed E-state index contributed by atoms with van der Waals surface area (Å²) in [6, 6.07) is 8.43. The highest BCUT2D eigenvalue weighted by Gasteiger charge is 2.26. The molecule has 2 atom stereocenters. The Morgan fingerprint density at radius 3 is 2.71 bits per heavy atom. The monoisotopic (exact) mass is 325 g/mol. The lowest BCUT2D eigenvalue weighted by Crippen LogP contribution is -2.39. The number of hydrogen-bond acceptors (Lipinski definition) is 4. The van der Waals surface area contributed by atoms with E-state index < -0.39 is 0 Å². The van der Waals surface area contributed by atoms with Crippen LogP contribution in [-0.4, -0.2) is 19.3 Å². The van der Waals surface area contributed by atoms with E-state index in [4.69, 9.17) is 20.8 Å². The minimum Gasteiger partial charge on any atom is -0.467 e. The largest absolute Gasteiger partial charge is 0.467 e. The minimum absolute atomic E-state index is 0.0651. The Balaban J connectivity index is 1.76. The van der Waals surface area contributed by atoms with Crippen molar-refractivity contribution in [1.82, 2.24) is 5.32 Å². The van der Waals surface area contributed by atoms with E-state index in [1.807, 2.05) is 18.2 Å². The number of nitrogens with one attached hydrogen (secondary N) is 1. The summed E-state index contributed by atoms with van der Waals surface area (Å²) in [5.41, 5.74) is 0. The second-order valence-electron chi connectivity index (χ2n) is 5.50. The highest BCUT2D eigenvalue weighted by Crippen LogP contribution is 2.32. The smallest absolute Gasteiger partial charge is 0.126 e. The van der Waals surface area contributed by atoms with Crippen molar-refractivity contribution in [2.45, 2.75) is 31.8 Å². The van der Waals surface area contributed by atoms with Crippen LogP contribution in [-0.2, 0) is 4.74 Å². The zero-order chi connectivity index (χ0) is 14.7. The molecule has 0 bridgehead atoms. The Morgan fingerprint density at radius 1 is 1.29 bits per heavy atom. The predicted molar refractivity (Wildman–Crippen MR) is 86.0 cm³/mol. The molecule has 2 unspecified atom stereocenters. The summed E-state index contributed by atoms with van der Waals surface area (Å²) in [5, 5.41) is 3.72. The maximum Gasteiger partial charge on any atom is 0.126 e. The molecule has 3 heterocycles. The van der Waals surface area contributed by atoms with Crippen LogP contribution in [0.3, 0.4) is 0 Å². The molecule has 1 N–H and O–H groups in total. The number of hydrogen-bond donors (Lipinski definition) is 1. The molecule has 5 heteroatoms. The van der Waals surface area contributed by atoms with Gasteiger partial charge < -0.3 is 14.5 Å². The Morgan fingerprint density at radius 2 is 2.10 bits per heavy atom. The molecule has 3 rings (SSSR count). The van der Waals surface area contributed by atoms with Crippen molar-refractivity contribution < 1.29 is 9.15 Å². The second kappa shape index (κ2) is 6.97. The Kier molecular flexibility index (Phi) is 5.01. The molecule has 2 aromatic rings. The van der Waals surface area contributed by atoms with Gasteiger partial charge in [0.15, 0.2) is 0 Å². The molecule has 0 spiro atoms. The fourth-order valence-electron chi connectivity index (χ4n) is 2.86. The van der Waals surface area contributed by atoms with Gasteiger partial charge in [0, 0.05) is 24.1 Å². The number of thiophene rings is 1. The van der Waals surface area contributed by atoms with Gasteiger partial charge in [-0.2, -0.15) is 0 Å². The zero-order valence-corrected chi connectivity index (χ0v) is 13.6. The molecule has 0 saturated carbocycles. The van der Waals surface area contributed by atoms with Crippen LogP contribution in [0, 0.1) is 5.92 Å². The van der Waals surface area contributed by atoms with E-state index in [9.17, 15) is 0 Å². The average Bonchev–Trinajstić information content (AvgIpc) is 3.17. The summed E-state index contributed by atoms with van der Waals surface area (Å²) in [7, 11) is 0. The average molecular weight is 326 g/mol. The van der Waals surface area contributed by atoms with Crippen molar-refractivity contribution in [2.24, 2.45) is 5.92 Å². The maximum absolute atomic E-state index is 6.09. The van der Waals surface area contributed by atoms with Crippen LogP contribution in [0.5, 0.6) is 0 Å². The van der Waals surface area contributed by atoms with Crippen molar-refractivity contribution in [2.75, 3.05) is 13.2 Å². The molecule has 21 heavy (non-hydrogen) atoms. The third-order valence-corrected chi connectivity index (χ3v) is 5.40. The van der Waals surface area contributed by atoms with Crippen LogP contribution in [0.15, 0.2) is 34.9 Å². The molecule has 2 aromatic heterocycles. The molecule has 0 aliphatic carbocycles. The zero-order valence-electron chi connectivity index (χ0n) is 12.0. The summed E-state index contributed by atoms with van der Waals surface area (Å²) in [5.74, 6) is 1.58. The first-order valence-corrected chi connectivity index (χ1v) is 8.56. The highest BCUT2D eigenvalue weighted by atomic mass is 35.5. The van der Waals surface area contributed by atoms with Crippen molar-refractivity contribution in [3.63, 3.8) is 0 Å². The first-order valence-electron chi connectivity index (χ1n) is 7.36. The van der Waals surface area contributed by atoms with Crippen LogP contribution in [0.2, 0.25) is 4.34 Å². The summed E-state index contributed by atoms with van der Waals surface area (Å²) in [4.78, 5) is 1.19. The van der Waals surface area contributed by atoms with Crippen LogP contribution >= 0.6 is 22.9 Å². The quantitative estimate of drug-likeness (QED) is 0.879. The fraction of sp³-hybridized carbons (Fsp3) is 0.500. The summed E-state index contributed by atoms with van der Waals surface area (Å²) in [6.07, 6.45) is 3.95. The lowest BCUT2D eigenvalue weighted by atomic mass is 9.92. The standard InChI is InChI=1S/C16H20ClNO2S/c1-11(12-6-9-19-10-7-12)18-16(13-3-2-8-20-13)14-4-5-15(17)21-14/h2-5,8,11-12,16,18H,6-7,9-10H2,1H3. The number of furan rings is 1. The number of rotatable bonds is 5. The molecule has 1 saturated heterocycles. The van der Waals surface area contributed by atoms with E-state index in [0.29, 0.717) is 12.0 Å². The Labute approximate surface area is 134 Å². The Bertz CT molecular complexity index is 548. The molecular formula is C16H20ClNO2S. The van der Waals surface area contributed by atoms with E-state index in [1.165, 1.54) is 4.88 Å². The first kappa shape index (κ1) is 15.1. The lowest BCUT2D eigenvalue weighted by molar-refractivity contribution is 0.0547. The normalized spacial score (nSPS) is 19.5. The molecule has 1 fully saturated rings. The van der Waals surface area contributed by atoms with Gasteiger partial charge in [-0.3, -0.25) is 0 Å². The van der Waals surface area contributed by atoms with Gasteiger partial charge in [-0.25, -0.2) is 0 Å². The van der Waals surface area contributed by atoms with Crippen LogP contribution in [0.4, 0.5) is 0 Å². The molecular weight excluding hydrogens is 306 g/mol. The van der Waals surface area contributed by atoms with Crippen LogP contribution in [0.25, 0.3) is 0 Å². The number of ether oxygens (including phenoxy) is 1. The third-order valence-electron chi connectivity index (χ3n) is 4.11. The molecule has 1 aliphatic rings. The van der Waals surface area contributed by atoms with Gasteiger partial charge in [-0.1, -0.05) is 11.6 Å². The van der Waals surface area contributed by atoms with E-state index in [2.05, 4.69) is 18.3 Å². The van der Waals surface area contributed by atoms with Crippen molar-refractivity contribution in [1.29, 1.82) is 0 Å². The lowest BCUT2D eigenvalue weighted by Gasteiger charge is -2.31. The summed E-state index contributed by atoms with van der Waals surface area (Å²) < 4.78 is 11.9. The topological polar surface area (TPSA) is 34.4 Å². The Hall–Kier alpha value is -0.810. The molecule has 0 aromatic carbocycles. The minimum atomic E-state index is 0.0651. The van der Waals surface area contributed by atoms with Gasteiger partial charge >= 0.3 is 0 Å². The van der Waals surface area contributed by atoms with Gasteiger partial charge in [-0.15, -0.1) is 11.3 Å². The maximum atomic E-state index is 6.09. The van der Waals surface area contributed by atoms with Gasteiger partial charge in [0.05, 0.1) is 10.6 Å². The van der Waals surface area contributed by atoms with Gasteiger partial charge in [0.25, 0.3) is 0 Å². The third kappa shape index (κ3) is 3.69. The molecule has 1 aliphatic heterocycles. The predicted octanol–water partition coefficient (Wildman–Crippen LogP) is 4.49. The van der Waals surface area contributed by atoms with E-state index in [1.54, 1.807) is 17.6 Å². The van der Waals surface area contributed by atoms with Gasteiger partial charge in [0.1, 0.15) is 11.8 Å². The summed E-state index contributed by atoms with van der Waals surface area (Å²) in [6.45, 7) is 3.99. The van der Waals surface area contributed by atoms with E-state index in [0.717, 1.165) is 36.2 Å². The SMILES string of the molecule is CC(NC(c1ccco1)c1ccc(Cl)s1)C1CCOCC1. The molecule has 0 radical (unpaired) electrons. The van der Waals surface area contributed by atoms with E-state index in [-0.39, 0.29) is 6.04 Å². The highest BCUT2D eigenvalue weighted by molar-refractivity contribution is 7.16. The summed E-state index contributed by atoms with van der Waals surface area (Å²) >= 11 is 7.70. The molecule has 0 amide bonds. The van der Waals surface area contributed by atoms with E-state index >= 15 is 0 Å². The number of halogens is 1. The molecule has 114 valence electrons. The van der Waals surface area contributed by atoms with Crippen molar-refractivity contribution in [3.05, 3.63) is 45.5 Å². The van der Waals surface area contributed by atoms with Crippen molar-refractivity contribution >= 4 is 22.9 Å². The van der Waals surface area contributed by atoms with Crippen LogP contribution in [0.1, 0.15) is 36.4 Å². The second-order valence-corrected chi connectivity index (χ2v) is 7.24. The van der Waals surface area contributed by atoms with Crippen LogP contribution < -0.4 is 5.32 Å². The van der Waals surface area contributed by atoms with Crippen molar-refractivity contribution in [3.8, 4) is 0 Å².